The average Bonchev–Trinajstić information content (AvgIpc) is 3.10. The van der Waals surface area contributed by atoms with Crippen molar-refractivity contribution in [3.63, 3.8) is 0 Å². The van der Waals surface area contributed by atoms with E-state index in [1.165, 1.54) is 25.2 Å². The Hall–Kier alpha value is -1.65. The third kappa shape index (κ3) is 2.13. The van der Waals surface area contributed by atoms with Gasteiger partial charge in [-0.05, 0) is 25.7 Å². The van der Waals surface area contributed by atoms with Crippen LogP contribution < -0.4 is 5.73 Å². The van der Waals surface area contributed by atoms with Crippen LogP contribution >= 0.6 is 0 Å². The molecule has 86 valence electrons. The minimum absolute atomic E-state index is 0.112. The summed E-state index contributed by atoms with van der Waals surface area (Å²) in [6.07, 6.45) is 5.30. The molecule has 0 aromatic carbocycles. The van der Waals surface area contributed by atoms with Gasteiger partial charge in [0.2, 0.25) is 0 Å². The molecular formula is C11H16N4O. The van der Waals surface area contributed by atoms with Crippen molar-refractivity contribution < 1.29 is 4.79 Å². The van der Waals surface area contributed by atoms with E-state index in [0.717, 1.165) is 0 Å². The molecule has 1 unspecified atom stereocenters. The van der Waals surface area contributed by atoms with E-state index < -0.39 is 0 Å². The number of rotatable bonds is 3. The first-order valence-corrected chi connectivity index (χ1v) is 5.44. The summed E-state index contributed by atoms with van der Waals surface area (Å²) >= 11 is 0. The summed E-state index contributed by atoms with van der Waals surface area (Å²) in [6, 6.07) is 0.260. The van der Waals surface area contributed by atoms with Crippen molar-refractivity contribution in [2.45, 2.75) is 25.8 Å². The molecule has 2 rings (SSSR count). The second-order valence-electron chi connectivity index (χ2n) is 4.32. The van der Waals surface area contributed by atoms with E-state index in [1.807, 2.05) is 0 Å². The van der Waals surface area contributed by atoms with Gasteiger partial charge in [0.05, 0.1) is 12.4 Å². The Kier molecular flexibility index (Phi) is 2.77. The molecule has 0 aliphatic heterocycles. The van der Waals surface area contributed by atoms with Gasteiger partial charge >= 0.3 is 0 Å². The normalized spacial score (nSPS) is 16.9. The van der Waals surface area contributed by atoms with E-state index in [9.17, 15) is 4.79 Å². The Morgan fingerprint density at radius 2 is 2.25 bits per heavy atom. The maximum atomic E-state index is 12.0. The Morgan fingerprint density at radius 1 is 1.56 bits per heavy atom. The standard InChI is InChI=1S/C11H16N4O/c1-7(8-3-4-8)15(2)11(16)9-5-13-6-10(12)14-9/h5-8H,3-4H2,1-2H3,(H2,12,14). The summed E-state index contributed by atoms with van der Waals surface area (Å²) < 4.78 is 0. The Morgan fingerprint density at radius 3 is 2.81 bits per heavy atom. The summed E-state index contributed by atoms with van der Waals surface area (Å²) in [5.74, 6) is 0.806. The van der Waals surface area contributed by atoms with Crippen LogP contribution in [0.3, 0.4) is 0 Å². The number of anilines is 1. The van der Waals surface area contributed by atoms with E-state index in [4.69, 9.17) is 5.73 Å². The monoisotopic (exact) mass is 220 g/mol. The highest BCUT2D eigenvalue weighted by molar-refractivity contribution is 5.92. The van der Waals surface area contributed by atoms with Crippen molar-refractivity contribution in [1.29, 1.82) is 0 Å². The number of carbonyl (C=O) groups excluding carboxylic acids is 1. The van der Waals surface area contributed by atoms with Crippen molar-refractivity contribution in [3.05, 3.63) is 18.1 Å². The molecule has 0 spiro atoms. The zero-order valence-corrected chi connectivity index (χ0v) is 9.55. The van der Waals surface area contributed by atoms with E-state index in [-0.39, 0.29) is 17.8 Å². The van der Waals surface area contributed by atoms with Gasteiger partial charge < -0.3 is 10.6 Å². The summed E-state index contributed by atoms with van der Waals surface area (Å²) in [7, 11) is 1.80. The quantitative estimate of drug-likeness (QED) is 0.822. The number of hydrogen-bond donors (Lipinski definition) is 1. The molecule has 1 aromatic rings. The van der Waals surface area contributed by atoms with Crippen LogP contribution in [0.2, 0.25) is 0 Å². The number of amides is 1. The third-order valence-electron chi connectivity index (χ3n) is 3.11. The molecule has 1 aliphatic carbocycles. The van der Waals surface area contributed by atoms with Gasteiger partial charge in [-0.3, -0.25) is 9.78 Å². The predicted octanol–water partition coefficient (Wildman–Crippen LogP) is 0.929. The van der Waals surface area contributed by atoms with Gasteiger partial charge in [0.15, 0.2) is 0 Å². The van der Waals surface area contributed by atoms with E-state index in [0.29, 0.717) is 11.6 Å². The summed E-state index contributed by atoms with van der Waals surface area (Å²) in [4.78, 5) is 21.6. The maximum absolute atomic E-state index is 12.0. The minimum Gasteiger partial charge on any atom is -0.382 e. The minimum atomic E-state index is -0.112. The summed E-state index contributed by atoms with van der Waals surface area (Å²) in [5.41, 5.74) is 5.82. The second kappa shape index (κ2) is 4.08. The first-order valence-electron chi connectivity index (χ1n) is 5.44. The van der Waals surface area contributed by atoms with Crippen LogP contribution in [-0.2, 0) is 0 Å². The molecular weight excluding hydrogens is 204 g/mol. The largest absolute Gasteiger partial charge is 0.382 e. The van der Waals surface area contributed by atoms with Crippen LogP contribution in [0.25, 0.3) is 0 Å². The Balaban J connectivity index is 2.11. The highest BCUT2D eigenvalue weighted by Gasteiger charge is 2.33. The predicted molar refractivity (Wildman–Crippen MR) is 60.7 cm³/mol. The lowest BCUT2D eigenvalue weighted by Crippen LogP contribution is -2.37. The SMILES string of the molecule is CC(C1CC1)N(C)C(=O)c1cncc(N)n1. The fourth-order valence-corrected chi connectivity index (χ4v) is 1.74. The van der Waals surface area contributed by atoms with Gasteiger partial charge in [-0.25, -0.2) is 4.98 Å². The fraction of sp³-hybridized carbons (Fsp3) is 0.545. The van der Waals surface area contributed by atoms with Gasteiger partial charge in [-0.15, -0.1) is 0 Å². The lowest BCUT2D eigenvalue weighted by Gasteiger charge is -2.24. The van der Waals surface area contributed by atoms with Gasteiger partial charge in [0.1, 0.15) is 11.5 Å². The van der Waals surface area contributed by atoms with Crippen molar-refractivity contribution in [3.8, 4) is 0 Å². The topological polar surface area (TPSA) is 72.1 Å². The second-order valence-corrected chi connectivity index (χ2v) is 4.32. The van der Waals surface area contributed by atoms with Crippen LogP contribution in [0.1, 0.15) is 30.3 Å². The van der Waals surface area contributed by atoms with Gasteiger partial charge in [0.25, 0.3) is 5.91 Å². The molecule has 5 nitrogen and oxygen atoms in total. The molecule has 1 heterocycles. The summed E-state index contributed by atoms with van der Waals surface area (Å²) in [5, 5.41) is 0. The lowest BCUT2D eigenvalue weighted by molar-refractivity contribution is 0.0721. The van der Waals surface area contributed by atoms with Crippen molar-refractivity contribution >= 4 is 11.7 Å². The molecule has 0 radical (unpaired) electrons. The molecule has 1 saturated carbocycles. The first-order chi connectivity index (χ1) is 7.59. The van der Waals surface area contributed by atoms with Gasteiger partial charge in [0, 0.05) is 13.1 Å². The number of nitrogens with zero attached hydrogens (tertiary/aromatic N) is 3. The van der Waals surface area contributed by atoms with Crippen molar-refractivity contribution in [1.82, 2.24) is 14.9 Å². The first kappa shape index (κ1) is 10.9. The van der Waals surface area contributed by atoms with Gasteiger partial charge in [-0.1, -0.05) is 0 Å². The molecule has 2 N–H and O–H groups in total. The van der Waals surface area contributed by atoms with Crippen LogP contribution in [0, 0.1) is 5.92 Å². The number of hydrogen-bond acceptors (Lipinski definition) is 4. The molecule has 1 fully saturated rings. The zero-order chi connectivity index (χ0) is 11.7. The highest BCUT2D eigenvalue weighted by Crippen LogP contribution is 2.34. The van der Waals surface area contributed by atoms with Crippen LogP contribution in [-0.4, -0.2) is 33.9 Å². The number of aromatic nitrogens is 2. The van der Waals surface area contributed by atoms with Crippen LogP contribution in [0.5, 0.6) is 0 Å². The fourth-order valence-electron chi connectivity index (χ4n) is 1.74. The smallest absolute Gasteiger partial charge is 0.274 e. The molecule has 1 aromatic heterocycles. The van der Waals surface area contributed by atoms with Crippen LogP contribution in [0.15, 0.2) is 12.4 Å². The Labute approximate surface area is 94.7 Å². The average molecular weight is 220 g/mol. The van der Waals surface area contributed by atoms with Crippen molar-refractivity contribution in [2.75, 3.05) is 12.8 Å². The molecule has 1 amide bonds. The number of carbonyl (C=O) groups is 1. The Bertz CT molecular complexity index is 403. The molecule has 5 heteroatoms. The zero-order valence-electron chi connectivity index (χ0n) is 9.55. The van der Waals surface area contributed by atoms with E-state index >= 15 is 0 Å². The molecule has 1 atom stereocenters. The maximum Gasteiger partial charge on any atom is 0.274 e. The molecule has 16 heavy (non-hydrogen) atoms. The number of nitrogen functional groups attached to an aromatic ring is 1. The molecule has 0 saturated heterocycles. The molecule has 0 bridgehead atoms. The van der Waals surface area contributed by atoms with E-state index in [2.05, 4.69) is 16.9 Å². The number of nitrogens with two attached hydrogens (primary N) is 1. The third-order valence-corrected chi connectivity index (χ3v) is 3.11. The van der Waals surface area contributed by atoms with E-state index in [1.54, 1.807) is 11.9 Å². The highest BCUT2D eigenvalue weighted by atomic mass is 16.2. The summed E-state index contributed by atoms with van der Waals surface area (Å²) in [6.45, 7) is 2.06. The molecule has 1 aliphatic rings. The van der Waals surface area contributed by atoms with Crippen molar-refractivity contribution in [2.24, 2.45) is 5.92 Å². The lowest BCUT2D eigenvalue weighted by atomic mass is 10.2. The van der Waals surface area contributed by atoms with Gasteiger partial charge in [-0.2, -0.15) is 0 Å². The van der Waals surface area contributed by atoms with Crippen LogP contribution in [0.4, 0.5) is 5.82 Å².